The van der Waals surface area contributed by atoms with Gasteiger partial charge in [-0.2, -0.15) is 5.26 Å². The zero-order valence-electron chi connectivity index (χ0n) is 17.4. The molecule has 0 radical (unpaired) electrons. The number of rotatable bonds is 5. The monoisotopic (exact) mass is 497 g/mol. The van der Waals surface area contributed by atoms with Crippen molar-refractivity contribution in [1.82, 2.24) is 4.98 Å². The third-order valence-corrected chi connectivity index (χ3v) is 7.02. The van der Waals surface area contributed by atoms with Gasteiger partial charge >= 0.3 is 0 Å². The Morgan fingerprint density at radius 2 is 1.94 bits per heavy atom. The van der Waals surface area contributed by atoms with Crippen molar-refractivity contribution in [2.24, 2.45) is 0 Å². The molecule has 2 aromatic heterocycles. The molecule has 1 aliphatic heterocycles. The van der Waals surface area contributed by atoms with Crippen molar-refractivity contribution in [2.75, 3.05) is 25.6 Å². The van der Waals surface area contributed by atoms with E-state index < -0.39 is 0 Å². The van der Waals surface area contributed by atoms with Gasteiger partial charge in [0.15, 0.2) is 6.29 Å². The van der Waals surface area contributed by atoms with Crippen LogP contribution in [-0.2, 0) is 9.47 Å². The van der Waals surface area contributed by atoms with Gasteiger partial charge < -0.3 is 19.5 Å². The molecule has 0 unspecified atom stereocenters. The summed E-state index contributed by atoms with van der Waals surface area (Å²) in [5, 5.41) is 14.6. The zero-order valence-corrected chi connectivity index (χ0v) is 19.7. The number of hydrogen-bond acceptors (Lipinski definition) is 7. The molecule has 1 N–H and O–H groups in total. The van der Waals surface area contributed by atoms with E-state index in [1.165, 1.54) is 7.11 Å². The first-order valence-electron chi connectivity index (χ1n) is 10.0. The summed E-state index contributed by atoms with van der Waals surface area (Å²) in [5.41, 5.74) is 3.35. The highest BCUT2D eigenvalue weighted by Crippen LogP contribution is 2.39. The summed E-state index contributed by atoms with van der Waals surface area (Å²) in [6.07, 6.45) is 1.26. The van der Waals surface area contributed by atoms with Crippen LogP contribution < -0.4 is 10.1 Å². The number of hydrogen-bond donors (Lipinski definition) is 1. The van der Waals surface area contributed by atoms with Gasteiger partial charge in [-0.3, -0.25) is 4.98 Å². The van der Waals surface area contributed by atoms with E-state index in [1.54, 1.807) is 29.7 Å². The van der Waals surface area contributed by atoms with Crippen LogP contribution in [0.15, 0.2) is 48.7 Å². The summed E-state index contributed by atoms with van der Waals surface area (Å²) in [6.45, 7) is 1.22. The van der Waals surface area contributed by atoms with Crippen LogP contribution in [0.25, 0.3) is 21.3 Å². The van der Waals surface area contributed by atoms with Crippen LogP contribution in [-0.4, -0.2) is 25.3 Å². The SMILES string of the molecule is COc1cc(Nc2c(C#N)cnc3cc(-c4ccc(C5OCCO5)s4)ccc23)c(Cl)cc1Cl. The number of nitrogens with one attached hydrogen (secondary N) is 1. The third-order valence-electron chi connectivity index (χ3n) is 5.26. The minimum absolute atomic E-state index is 0.294. The van der Waals surface area contributed by atoms with Gasteiger partial charge in [-0.05, 0) is 29.8 Å². The van der Waals surface area contributed by atoms with E-state index in [-0.39, 0.29) is 6.29 Å². The lowest BCUT2D eigenvalue weighted by atomic mass is 10.1. The van der Waals surface area contributed by atoms with E-state index in [9.17, 15) is 5.26 Å². The Balaban J connectivity index is 1.54. The van der Waals surface area contributed by atoms with Crippen LogP contribution in [0, 0.1) is 11.3 Å². The third kappa shape index (κ3) is 4.24. The topological polar surface area (TPSA) is 76.4 Å². The van der Waals surface area contributed by atoms with Crippen LogP contribution in [0.5, 0.6) is 5.75 Å². The molecule has 0 saturated carbocycles. The van der Waals surface area contributed by atoms with Crippen LogP contribution in [0.1, 0.15) is 16.7 Å². The Morgan fingerprint density at radius 3 is 2.70 bits per heavy atom. The Hall–Kier alpha value is -2.86. The van der Waals surface area contributed by atoms with Crippen molar-refractivity contribution >= 4 is 56.8 Å². The molecule has 1 fully saturated rings. The van der Waals surface area contributed by atoms with Crippen LogP contribution in [0.3, 0.4) is 0 Å². The molecule has 0 amide bonds. The molecule has 6 nitrogen and oxygen atoms in total. The Labute approximate surface area is 204 Å². The molecule has 0 spiro atoms. The highest BCUT2D eigenvalue weighted by atomic mass is 35.5. The molecule has 1 saturated heterocycles. The number of pyridine rings is 1. The molecular formula is C24H17Cl2N3O3S. The van der Waals surface area contributed by atoms with E-state index in [4.69, 9.17) is 37.4 Å². The van der Waals surface area contributed by atoms with Gasteiger partial charge in [-0.25, -0.2) is 0 Å². The number of benzene rings is 2. The van der Waals surface area contributed by atoms with Crippen LogP contribution >= 0.6 is 34.5 Å². The lowest BCUT2D eigenvalue weighted by Crippen LogP contribution is -1.98. The maximum Gasteiger partial charge on any atom is 0.193 e. The second-order valence-corrected chi connectivity index (χ2v) is 9.19. The molecule has 0 aliphatic carbocycles. The van der Waals surface area contributed by atoms with Gasteiger partial charge in [0.05, 0.1) is 57.7 Å². The number of aromatic nitrogens is 1. The zero-order chi connectivity index (χ0) is 22.9. The molecule has 1 aliphatic rings. The van der Waals surface area contributed by atoms with Gasteiger partial charge in [0.2, 0.25) is 0 Å². The smallest absolute Gasteiger partial charge is 0.193 e. The van der Waals surface area contributed by atoms with Crippen molar-refractivity contribution in [3.63, 3.8) is 0 Å². The maximum atomic E-state index is 9.68. The molecule has 166 valence electrons. The van der Waals surface area contributed by atoms with E-state index in [0.717, 1.165) is 26.2 Å². The van der Waals surface area contributed by atoms with Crippen LogP contribution in [0.4, 0.5) is 11.4 Å². The number of nitriles is 1. The Kier molecular flexibility index (Phi) is 6.11. The first kappa shape index (κ1) is 22.0. The number of ether oxygens (including phenoxy) is 3. The lowest BCUT2D eigenvalue weighted by molar-refractivity contribution is -0.0413. The average Bonchev–Trinajstić information content (AvgIpc) is 3.53. The first-order chi connectivity index (χ1) is 16.1. The summed E-state index contributed by atoms with van der Waals surface area (Å²) in [5.74, 6) is 0.478. The number of nitrogens with zero attached hydrogens (tertiary/aromatic N) is 2. The van der Waals surface area contributed by atoms with Gasteiger partial charge in [0, 0.05) is 22.5 Å². The predicted molar refractivity (Wildman–Crippen MR) is 131 cm³/mol. The fourth-order valence-corrected chi connectivity index (χ4v) is 5.15. The second-order valence-electron chi connectivity index (χ2n) is 7.26. The summed E-state index contributed by atoms with van der Waals surface area (Å²) < 4.78 is 16.5. The van der Waals surface area contributed by atoms with Crippen LogP contribution in [0.2, 0.25) is 10.0 Å². The molecular weight excluding hydrogens is 481 g/mol. The number of thiophene rings is 1. The maximum absolute atomic E-state index is 9.68. The van der Waals surface area contributed by atoms with Crippen molar-refractivity contribution in [3.05, 3.63) is 69.1 Å². The molecule has 5 rings (SSSR count). The number of halogens is 2. The molecule has 0 bridgehead atoms. The highest BCUT2D eigenvalue weighted by Gasteiger charge is 2.21. The highest BCUT2D eigenvalue weighted by molar-refractivity contribution is 7.15. The van der Waals surface area contributed by atoms with E-state index in [2.05, 4.69) is 22.4 Å². The normalized spacial score (nSPS) is 13.9. The van der Waals surface area contributed by atoms with E-state index in [0.29, 0.717) is 45.9 Å². The van der Waals surface area contributed by atoms with Crippen molar-refractivity contribution in [3.8, 4) is 22.3 Å². The fourth-order valence-electron chi connectivity index (χ4n) is 3.64. The summed E-state index contributed by atoms with van der Waals surface area (Å²) in [7, 11) is 1.53. The molecule has 2 aromatic carbocycles. The molecule has 33 heavy (non-hydrogen) atoms. The molecule has 3 heterocycles. The number of methoxy groups -OCH3 is 1. The summed E-state index contributed by atoms with van der Waals surface area (Å²) in [4.78, 5) is 6.62. The fraction of sp³-hybridized carbons (Fsp3) is 0.167. The Morgan fingerprint density at radius 1 is 1.12 bits per heavy atom. The molecule has 9 heteroatoms. The van der Waals surface area contributed by atoms with Crippen molar-refractivity contribution in [2.45, 2.75) is 6.29 Å². The molecule has 0 atom stereocenters. The van der Waals surface area contributed by atoms with Crippen molar-refractivity contribution < 1.29 is 14.2 Å². The lowest BCUT2D eigenvalue weighted by Gasteiger charge is -2.15. The quantitative estimate of drug-likeness (QED) is 0.321. The van der Waals surface area contributed by atoms with Gasteiger partial charge in [-0.15, -0.1) is 11.3 Å². The number of anilines is 2. The van der Waals surface area contributed by atoms with E-state index >= 15 is 0 Å². The van der Waals surface area contributed by atoms with Crippen molar-refractivity contribution in [1.29, 1.82) is 5.26 Å². The van der Waals surface area contributed by atoms with Gasteiger partial charge in [-0.1, -0.05) is 35.3 Å². The Bertz CT molecular complexity index is 1390. The van der Waals surface area contributed by atoms with Gasteiger partial charge in [0.25, 0.3) is 0 Å². The average molecular weight is 498 g/mol. The minimum atomic E-state index is -0.294. The first-order valence-corrected chi connectivity index (χ1v) is 11.6. The standard InChI is InChI=1S/C24H17Cl2N3O3S/c1-30-20-10-19(16(25)9-17(20)26)29-23-14(11-27)12-28-18-8-13(2-3-15(18)23)21-4-5-22(33-21)24-31-6-7-32-24/h2-5,8-10,12,24H,6-7H2,1H3,(H,28,29). The second kappa shape index (κ2) is 9.18. The largest absolute Gasteiger partial charge is 0.495 e. The summed E-state index contributed by atoms with van der Waals surface area (Å²) in [6, 6.07) is 15.5. The minimum Gasteiger partial charge on any atom is -0.495 e. The van der Waals surface area contributed by atoms with Gasteiger partial charge in [0.1, 0.15) is 11.8 Å². The number of fused-ring (bicyclic) bond motifs is 1. The predicted octanol–water partition coefficient (Wildman–Crippen LogP) is 6.94. The molecule has 4 aromatic rings. The summed E-state index contributed by atoms with van der Waals surface area (Å²) >= 11 is 14.2. The van der Waals surface area contributed by atoms with E-state index in [1.807, 2.05) is 24.3 Å².